The third-order valence-electron chi connectivity index (χ3n) is 2.33. The van der Waals surface area contributed by atoms with Gasteiger partial charge in [0.25, 0.3) is 0 Å². The van der Waals surface area contributed by atoms with Crippen LogP contribution in [0.2, 0.25) is 0 Å². The highest BCUT2D eigenvalue weighted by Crippen LogP contribution is 2.11. The van der Waals surface area contributed by atoms with E-state index in [1.165, 1.54) is 12.1 Å². The number of hydrogen-bond acceptors (Lipinski definition) is 3. The monoisotopic (exact) mass is 258 g/mol. The Morgan fingerprint density at radius 3 is 2.22 bits per heavy atom. The summed E-state index contributed by atoms with van der Waals surface area (Å²) >= 11 is 5.23. The van der Waals surface area contributed by atoms with Crippen LogP contribution in [0.1, 0.15) is 15.9 Å². The summed E-state index contributed by atoms with van der Waals surface area (Å²) in [6, 6.07) is 10.0. The number of benzene rings is 1. The number of carbonyl (C=O) groups is 1. The van der Waals surface area contributed by atoms with Crippen LogP contribution in [0.15, 0.2) is 48.8 Å². The highest BCUT2D eigenvalue weighted by molar-refractivity contribution is 7.81. The molecule has 0 atom stereocenters. The Balaban J connectivity index is 2.10. The Bertz CT molecular complexity index is 567. The van der Waals surface area contributed by atoms with E-state index in [0.29, 0.717) is 4.99 Å². The van der Waals surface area contributed by atoms with Crippen LogP contribution >= 0.6 is 12.2 Å². The SMILES string of the molecule is O=C(O)c1ccc(NC(=S)c2ccncc2)cc1. The minimum absolute atomic E-state index is 0.246. The van der Waals surface area contributed by atoms with E-state index in [-0.39, 0.29) is 5.56 Å². The first-order valence-corrected chi connectivity index (χ1v) is 5.62. The van der Waals surface area contributed by atoms with Gasteiger partial charge in [-0.1, -0.05) is 12.2 Å². The number of pyridine rings is 1. The minimum Gasteiger partial charge on any atom is -0.478 e. The maximum atomic E-state index is 10.7. The first-order chi connectivity index (χ1) is 8.66. The number of nitrogens with zero attached hydrogens (tertiary/aromatic N) is 1. The van der Waals surface area contributed by atoms with Gasteiger partial charge in [-0.25, -0.2) is 4.79 Å². The molecule has 2 aromatic rings. The van der Waals surface area contributed by atoms with Crippen LogP contribution in [0.5, 0.6) is 0 Å². The van der Waals surface area contributed by atoms with Crippen molar-refractivity contribution in [1.29, 1.82) is 0 Å². The fourth-order valence-electron chi connectivity index (χ4n) is 1.40. The van der Waals surface area contributed by atoms with E-state index in [1.807, 2.05) is 0 Å². The standard InChI is InChI=1S/C13H10N2O2S/c16-13(17)10-1-3-11(4-2-10)15-12(18)9-5-7-14-8-6-9/h1-8H,(H,15,18)(H,16,17). The average molecular weight is 258 g/mol. The molecule has 1 heterocycles. The Morgan fingerprint density at radius 1 is 1.06 bits per heavy atom. The molecular formula is C13H10N2O2S. The quantitative estimate of drug-likeness (QED) is 0.828. The molecule has 1 aromatic heterocycles. The molecule has 0 aliphatic heterocycles. The van der Waals surface area contributed by atoms with Crippen LogP contribution in [0.25, 0.3) is 0 Å². The van der Waals surface area contributed by atoms with Gasteiger partial charge in [0.2, 0.25) is 0 Å². The van der Waals surface area contributed by atoms with Crippen molar-refractivity contribution in [2.75, 3.05) is 5.32 Å². The minimum atomic E-state index is -0.946. The van der Waals surface area contributed by atoms with E-state index >= 15 is 0 Å². The van der Waals surface area contributed by atoms with Crippen molar-refractivity contribution < 1.29 is 9.90 Å². The molecule has 0 spiro atoms. The predicted octanol–water partition coefficient (Wildman–Crippen LogP) is 2.57. The summed E-state index contributed by atoms with van der Waals surface area (Å²) < 4.78 is 0. The molecule has 0 saturated carbocycles. The van der Waals surface area contributed by atoms with Crippen LogP contribution < -0.4 is 5.32 Å². The number of rotatable bonds is 3. The third-order valence-corrected chi connectivity index (χ3v) is 2.67. The summed E-state index contributed by atoms with van der Waals surface area (Å²) in [5, 5.41) is 11.8. The molecule has 4 nitrogen and oxygen atoms in total. The van der Waals surface area contributed by atoms with E-state index in [1.54, 1.807) is 36.7 Å². The maximum Gasteiger partial charge on any atom is 0.335 e. The van der Waals surface area contributed by atoms with Gasteiger partial charge in [0.05, 0.1) is 5.56 Å². The first kappa shape index (κ1) is 12.2. The molecule has 2 rings (SSSR count). The van der Waals surface area contributed by atoms with Gasteiger partial charge >= 0.3 is 5.97 Å². The van der Waals surface area contributed by atoms with Crippen LogP contribution in [0.4, 0.5) is 5.69 Å². The van der Waals surface area contributed by atoms with Gasteiger partial charge in [-0.05, 0) is 36.4 Å². The Kier molecular flexibility index (Phi) is 3.64. The zero-order valence-electron chi connectivity index (χ0n) is 9.33. The smallest absolute Gasteiger partial charge is 0.335 e. The Labute approximate surface area is 109 Å². The van der Waals surface area contributed by atoms with Crippen LogP contribution in [0.3, 0.4) is 0 Å². The van der Waals surface area contributed by atoms with Gasteiger partial charge < -0.3 is 10.4 Å². The summed E-state index contributed by atoms with van der Waals surface area (Å²) in [5.41, 5.74) is 1.86. The molecular weight excluding hydrogens is 248 g/mol. The van der Waals surface area contributed by atoms with Crippen molar-refractivity contribution in [2.45, 2.75) is 0 Å². The zero-order valence-corrected chi connectivity index (χ0v) is 10.1. The summed E-state index contributed by atoms with van der Waals surface area (Å²) in [7, 11) is 0. The second-order valence-corrected chi connectivity index (χ2v) is 3.98. The summed E-state index contributed by atoms with van der Waals surface area (Å²) in [6.07, 6.45) is 3.33. The van der Waals surface area contributed by atoms with Crippen molar-refractivity contribution in [3.8, 4) is 0 Å². The van der Waals surface area contributed by atoms with E-state index < -0.39 is 5.97 Å². The predicted molar refractivity (Wildman–Crippen MR) is 73.0 cm³/mol. The molecule has 5 heteroatoms. The van der Waals surface area contributed by atoms with Crippen LogP contribution in [0, 0.1) is 0 Å². The molecule has 90 valence electrons. The van der Waals surface area contributed by atoms with E-state index in [4.69, 9.17) is 17.3 Å². The topological polar surface area (TPSA) is 62.2 Å². The number of carboxylic acid groups (broad SMARTS) is 1. The molecule has 2 N–H and O–H groups in total. The number of thiocarbonyl (C=S) groups is 1. The summed E-state index contributed by atoms with van der Waals surface area (Å²) in [6.45, 7) is 0. The lowest BCUT2D eigenvalue weighted by Gasteiger charge is -2.07. The number of aromatic carboxylic acids is 1. The van der Waals surface area contributed by atoms with Crippen molar-refractivity contribution in [1.82, 2.24) is 4.98 Å². The number of hydrogen-bond donors (Lipinski definition) is 2. The fourth-order valence-corrected chi connectivity index (χ4v) is 1.66. The molecule has 0 aliphatic carbocycles. The van der Waals surface area contributed by atoms with Crippen molar-refractivity contribution >= 4 is 28.9 Å². The Hall–Kier alpha value is -2.27. The molecule has 18 heavy (non-hydrogen) atoms. The largest absolute Gasteiger partial charge is 0.478 e. The highest BCUT2D eigenvalue weighted by atomic mass is 32.1. The maximum absolute atomic E-state index is 10.7. The normalized spacial score (nSPS) is 9.78. The second kappa shape index (κ2) is 5.37. The summed E-state index contributed by atoms with van der Waals surface area (Å²) in [5.74, 6) is -0.946. The Morgan fingerprint density at radius 2 is 1.67 bits per heavy atom. The molecule has 1 aromatic carbocycles. The van der Waals surface area contributed by atoms with Crippen LogP contribution in [-0.4, -0.2) is 21.0 Å². The van der Waals surface area contributed by atoms with Crippen molar-refractivity contribution in [2.24, 2.45) is 0 Å². The average Bonchev–Trinajstić information content (AvgIpc) is 2.40. The zero-order chi connectivity index (χ0) is 13.0. The number of nitrogens with one attached hydrogen (secondary N) is 1. The van der Waals surface area contributed by atoms with Gasteiger partial charge in [-0.2, -0.15) is 0 Å². The molecule has 0 radical (unpaired) electrons. The van der Waals surface area contributed by atoms with Gasteiger partial charge in [0.15, 0.2) is 0 Å². The third kappa shape index (κ3) is 2.89. The van der Waals surface area contributed by atoms with Gasteiger partial charge in [0, 0.05) is 23.6 Å². The van der Waals surface area contributed by atoms with Gasteiger partial charge in [0.1, 0.15) is 4.99 Å². The van der Waals surface area contributed by atoms with Gasteiger partial charge in [-0.15, -0.1) is 0 Å². The molecule has 0 bridgehead atoms. The van der Waals surface area contributed by atoms with E-state index in [2.05, 4.69) is 10.3 Å². The molecule has 0 unspecified atom stereocenters. The molecule has 0 saturated heterocycles. The molecule has 0 fully saturated rings. The second-order valence-electron chi connectivity index (χ2n) is 3.57. The van der Waals surface area contributed by atoms with Crippen molar-refractivity contribution in [3.63, 3.8) is 0 Å². The van der Waals surface area contributed by atoms with E-state index in [0.717, 1.165) is 11.3 Å². The lowest BCUT2D eigenvalue weighted by molar-refractivity contribution is 0.0697. The van der Waals surface area contributed by atoms with Crippen molar-refractivity contribution in [3.05, 3.63) is 59.9 Å². The molecule has 0 aliphatic rings. The summed E-state index contributed by atoms with van der Waals surface area (Å²) in [4.78, 5) is 15.2. The number of anilines is 1. The van der Waals surface area contributed by atoms with Crippen LogP contribution in [-0.2, 0) is 0 Å². The highest BCUT2D eigenvalue weighted by Gasteiger charge is 2.04. The lowest BCUT2D eigenvalue weighted by Crippen LogP contribution is -2.10. The number of aromatic nitrogens is 1. The molecule has 0 amide bonds. The lowest BCUT2D eigenvalue weighted by atomic mass is 10.2. The van der Waals surface area contributed by atoms with E-state index in [9.17, 15) is 4.79 Å². The van der Waals surface area contributed by atoms with Gasteiger partial charge in [-0.3, -0.25) is 4.98 Å². The number of carboxylic acids is 1. The fraction of sp³-hybridized carbons (Fsp3) is 0. The first-order valence-electron chi connectivity index (χ1n) is 5.21.